The fourth-order valence-corrected chi connectivity index (χ4v) is 2.25. The summed E-state index contributed by atoms with van der Waals surface area (Å²) in [5.74, 6) is 0.597. The Labute approximate surface area is 108 Å². The fraction of sp³-hybridized carbons (Fsp3) is 0.500. The third-order valence-corrected chi connectivity index (χ3v) is 4.02. The third-order valence-electron chi connectivity index (χ3n) is 3.24. The Morgan fingerprint density at radius 1 is 1.41 bits per heavy atom. The molecule has 1 aromatic carbocycles. The lowest BCUT2D eigenvalue weighted by Gasteiger charge is -2.22. The van der Waals surface area contributed by atoms with E-state index in [-0.39, 0.29) is 0 Å². The molecule has 0 bridgehead atoms. The van der Waals surface area contributed by atoms with E-state index in [1.165, 1.54) is 0 Å². The summed E-state index contributed by atoms with van der Waals surface area (Å²) >= 11 is 1.61. The molecule has 0 spiro atoms. The van der Waals surface area contributed by atoms with Crippen LogP contribution in [0.15, 0.2) is 23.1 Å². The Morgan fingerprint density at radius 3 is 2.65 bits per heavy atom. The summed E-state index contributed by atoms with van der Waals surface area (Å²) < 4.78 is 0. The minimum atomic E-state index is 0.379. The molecule has 0 aliphatic rings. The van der Waals surface area contributed by atoms with Crippen molar-refractivity contribution in [3.8, 4) is 6.07 Å². The van der Waals surface area contributed by atoms with E-state index in [1.54, 1.807) is 11.8 Å². The van der Waals surface area contributed by atoms with Crippen molar-refractivity contribution in [3.63, 3.8) is 0 Å². The second-order valence-corrected chi connectivity index (χ2v) is 5.16. The average Bonchev–Trinajstić information content (AvgIpc) is 2.37. The first-order valence-electron chi connectivity index (χ1n) is 5.97. The molecule has 1 N–H and O–H groups in total. The van der Waals surface area contributed by atoms with Gasteiger partial charge in [0.1, 0.15) is 6.07 Å². The SMILES string of the molecule is CCC(C)C(C)Nc1cccc(SC)c1C#N. The van der Waals surface area contributed by atoms with E-state index < -0.39 is 0 Å². The molecule has 0 fully saturated rings. The van der Waals surface area contributed by atoms with Crippen molar-refractivity contribution in [2.75, 3.05) is 11.6 Å². The van der Waals surface area contributed by atoms with Gasteiger partial charge in [-0.05, 0) is 31.2 Å². The zero-order chi connectivity index (χ0) is 12.8. The van der Waals surface area contributed by atoms with E-state index in [0.29, 0.717) is 12.0 Å². The van der Waals surface area contributed by atoms with Crippen molar-refractivity contribution in [3.05, 3.63) is 23.8 Å². The summed E-state index contributed by atoms with van der Waals surface area (Å²) in [7, 11) is 0. The molecular weight excluding hydrogens is 228 g/mol. The van der Waals surface area contributed by atoms with Crippen LogP contribution in [0.5, 0.6) is 0 Å². The number of hydrogen-bond acceptors (Lipinski definition) is 3. The second kappa shape index (κ2) is 6.56. The summed E-state index contributed by atoms with van der Waals surface area (Å²) in [5, 5.41) is 12.7. The molecule has 92 valence electrons. The van der Waals surface area contributed by atoms with E-state index in [1.807, 2.05) is 24.5 Å². The maximum absolute atomic E-state index is 9.24. The molecule has 0 saturated heterocycles. The molecular formula is C14H20N2S. The Balaban J connectivity index is 2.95. The van der Waals surface area contributed by atoms with Gasteiger partial charge in [0.15, 0.2) is 0 Å². The van der Waals surface area contributed by atoms with Crippen molar-refractivity contribution in [2.45, 2.75) is 38.1 Å². The van der Waals surface area contributed by atoms with E-state index >= 15 is 0 Å². The van der Waals surface area contributed by atoms with Gasteiger partial charge in [0, 0.05) is 10.9 Å². The maximum atomic E-state index is 9.24. The van der Waals surface area contributed by atoms with Crippen LogP contribution < -0.4 is 5.32 Å². The van der Waals surface area contributed by atoms with Gasteiger partial charge < -0.3 is 5.32 Å². The Morgan fingerprint density at radius 2 is 2.12 bits per heavy atom. The smallest absolute Gasteiger partial charge is 0.102 e. The van der Waals surface area contributed by atoms with Gasteiger partial charge in [-0.2, -0.15) is 5.26 Å². The third kappa shape index (κ3) is 3.41. The normalized spacial score (nSPS) is 13.8. The minimum absolute atomic E-state index is 0.379. The zero-order valence-electron chi connectivity index (χ0n) is 10.9. The van der Waals surface area contributed by atoms with Gasteiger partial charge in [-0.3, -0.25) is 0 Å². The lowest BCUT2D eigenvalue weighted by atomic mass is 10.0. The molecule has 0 saturated carbocycles. The molecule has 2 nitrogen and oxygen atoms in total. The first-order chi connectivity index (χ1) is 8.13. The highest BCUT2D eigenvalue weighted by Crippen LogP contribution is 2.27. The van der Waals surface area contributed by atoms with Gasteiger partial charge in [-0.1, -0.05) is 26.3 Å². The van der Waals surface area contributed by atoms with Gasteiger partial charge in [0.25, 0.3) is 0 Å². The zero-order valence-corrected chi connectivity index (χ0v) is 11.8. The summed E-state index contributed by atoms with van der Waals surface area (Å²) in [6.07, 6.45) is 3.14. The van der Waals surface area contributed by atoms with Crippen LogP contribution in [0.1, 0.15) is 32.8 Å². The van der Waals surface area contributed by atoms with Crippen molar-refractivity contribution in [1.82, 2.24) is 0 Å². The summed E-state index contributed by atoms with van der Waals surface area (Å²) in [6, 6.07) is 8.64. The minimum Gasteiger partial charge on any atom is -0.381 e. The average molecular weight is 248 g/mol. The monoisotopic (exact) mass is 248 g/mol. The predicted molar refractivity (Wildman–Crippen MR) is 75.5 cm³/mol. The molecule has 0 aliphatic heterocycles. The number of nitrogens with one attached hydrogen (secondary N) is 1. The molecule has 0 aliphatic carbocycles. The quantitative estimate of drug-likeness (QED) is 0.796. The van der Waals surface area contributed by atoms with Crippen LogP contribution in [0.3, 0.4) is 0 Å². The molecule has 0 heterocycles. The molecule has 0 aromatic heterocycles. The first-order valence-corrected chi connectivity index (χ1v) is 7.20. The standard InChI is InChI=1S/C14H20N2S/c1-5-10(2)11(3)16-13-7-6-8-14(17-4)12(13)9-15/h6-8,10-11,16H,5H2,1-4H3. The van der Waals surface area contributed by atoms with Crippen molar-refractivity contribution in [1.29, 1.82) is 5.26 Å². The van der Waals surface area contributed by atoms with Gasteiger partial charge in [-0.25, -0.2) is 0 Å². The highest BCUT2D eigenvalue weighted by molar-refractivity contribution is 7.98. The molecule has 1 rings (SSSR count). The topological polar surface area (TPSA) is 35.8 Å². The number of nitrogens with zero attached hydrogens (tertiary/aromatic N) is 1. The van der Waals surface area contributed by atoms with Crippen LogP contribution in [0.2, 0.25) is 0 Å². The van der Waals surface area contributed by atoms with Crippen LogP contribution in [-0.4, -0.2) is 12.3 Å². The molecule has 0 amide bonds. The van der Waals surface area contributed by atoms with Crippen molar-refractivity contribution in [2.24, 2.45) is 5.92 Å². The van der Waals surface area contributed by atoms with E-state index in [9.17, 15) is 5.26 Å². The number of rotatable bonds is 5. The molecule has 17 heavy (non-hydrogen) atoms. The Hall–Kier alpha value is -1.14. The number of anilines is 1. The molecule has 2 atom stereocenters. The van der Waals surface area contributed by atoms with Gasteiger partial charge >= 0.3 is 0 Å². The highest BCUT2D eigenvalue weighted by atomic mass is 32.2. The lowest BCUT2D eigenvalue weighted by molar-refractivity contribution is 0.494. The second-order valence-electron chi connectivity index (χ2n) is 4.31. The predicted octanol–water partition coefficient (Wildman–Crippen LogP) is 4.13. The van der Waals surface area contributed by atoms with E-state index in [2.05, 4.69) is 32.2 Å². The Kier molecular flexibility index (Phi) is 5.37. The van der Waals surface area contributed by atoms with Crippen LogP contribution in [-0.2, 0) is 0 Å². The molecule has 2 unspecified atom stereocenters. The Bertz CT molecular complexity index is 409. The lowest BCUT2D eigenvalue weighted by Crippen LogP contribution is -2.23. The van der Waals surface area contributed by atoms with Crippen molar-refractivity contribution < 1.29 is 0 Å². The summed E-state index contributed by atoms with van der Waals surface area (Å²) in [5.41, 5.74) is 1.71. The highest BCUT2D eigenvalue weighted by Gasteiger charge is 2.13. The number of hydrogen-bond donors (Lipinski definition) is 1. The van der Waals surface area contributed by atoms with Crippen LogP contribution in [0, 0.1) is 17.2 Å². The molecule has 1 aromatic rings. The number of nitriles is 1. The molecule has 0 radical (unpaired) electrons. The van der Waals surface area contributed by atoms with Gasteiger partial charge in [0.2, 0.25) is 0 Å². The maximum Gasteiger partial charge on any atom is 0.102 e. The largest absolute Gasteiger partial charge is 0.381 e. The number of benzene rings is 1. The van der Waals surface area contributed by atoms with Gasteiger partial charge in [0.05, 0.1) is 11.3 Å². The van der Waals surface area contributed by atoms with Crippen LogP contribution >= 0.6 is 11.8 Å². The van der Waals surface area contributed by atoms with E-state index in [0.717, 1.165) is 22.6 Å². The summed E-state index contributed by atoms with van der Waals surface area (Å²) in [4.78, 5) is 1.04. The van der Waals surface area contributed by atoms with E-state index in [4.69, 9.17) is 0 Å². The first kappa shape index (κ1) is 13.9. The summed E-state index contributed by atoms with van der Waals surface area (Å²) in [6.45, 7) is 6.58. The molecule has 3 heteroatoms. The van der Waals surface area contributed by atoms with Crippen LogP contribution in [0.25, 0.3) is 0 Å². The number of thioether (sulfide) groups is 1. The van der Waals surface area contributed by atoms with Crippen LogP contribution in [0.4, 0.5) is 5.69 Å². The fourth-order valence-electron chi connectivity index (χ4n) is 1.68. The van der Waals surface area contributed by atoms with Gasteiger partial charge in [-0.15, -0.1) is 11.8 Å². The van der Waals surface area contributed by atoms with Crippen molar-refractivity contribution >= 4 is 17.4 Å².